The van der Waals surface area contributed by atoms with Crippen LogP contribution < -0.4 is 11.1 Å². The standard InChI is InChI=1S/C16H17FN2O/c1-10-6-7-15(18)14(8-10)16(20)19-11(2)12-4-3-5-13(17)9-12/h3-9,11H,18H2,1-2H3,(H,19,20). The van der Waals surface area contributed by atoms with Crippen molar-refractivity contribution in [1.29, 1.82) is 0 Å². The summed E-state index contributed by atoms with van der Waals surface area (Å²) in [5, 5.41) is 2.82. The van der Waals surface area contributed by atoms with E-state index in [4.69, 9.17) is 5.73 Å². The lowest BCUT2D eigenvalue weighted by Gasteiger charge is -2.15. The fraction of sp³-hybridized carbons (Fsp3) is 0.188. The van der Waals surface area contributed by atoms with Crippen molar-refractivity contribution in [1.82, 2.24) is 5.32 Å². The second-order valence-corrected chi connectivity index (χ2v) is 4.84. The van der Waals surface area contributed by atoms with Gasteiger partial charge in [-0.05, 0) is 43.7 Å². The quantitative estimate of drug-likeness (QED) is 0.843. The Balaban J connectivity index is 2.17. The molecule has 1 unspecified atom stereocenters. The number of benzene rings is 2. The summed E-state index contributed by atoms with van der Waals surface area (Å²) in [7, 11) is 0. The van der Waals surface area contributed by atoms with E-state index in [2.05, 4.69) is 5.32 Å². The van der Waals surface area contributed by atoms with Crippen molar-refractivity contribution in [3.8, 4) is 0 Å². The van der Waals surface area contributed by atoms with Crippen LogP contribution in [-0.4, -0.2) is 5.91 Å². The lowest BCUT2D eigenvalue weighted by atomic mass is 10.1. The third-order valence-corrected chi connectivity index (χ3v) is 3.15. The lowest BCUT2D eigenvalue weighted by Crippen LogP contribution is -2.27. The predicted molar refractivity (Wildman–Crippen MR) is 77.9 cm³/mol. The van der Waals surface area contributed by atoms with E-state index in [-0.39, 0.29) is 17.8 Å². The molecule has 3 nitrogen and oxygen atoms in total. The van der Waals surface area contributed by atoms with Gasteiger partial charge in [0.25, 0.3) is 5.91 Å². The molecule has 2 rings (SSSR count). The summed E-state index contributed by atoms with van der Waals surface area (Å²) in [6.45, 7) is 3.70. The molecule has 1 atom stereocenters. The molecule has 0 aliphatic rings. The first-order valence-corrected chi connectivity index (χ1v) is 6.40. The average molecular weight is 272 g/mol. The zero-order valence-corrected chi connectivity index (χ0v) is 11.5. The molecule has 0 bridgehead atoms. The summed E-state index contributed by atoms with van der Waals surface area (Å²) in [5.41, 5.74) is 8.35. The largest absolute Gasteiger partial charge is 0.398 e. The Bertz CT molecular complexity index is 640. The molecule has 0 heterocycles. The van der Waals surface area contributed by atoms with Crippen LogP contribution in [-0.2, 0) is 0 Å². The number of anilines is 1. The molecule has 104 valence electrons. The van der Waals surface area contributed by atoms with Crippen molar-refractivity contribution in [3.63, 3.8) is 0 Å². The molecule has 1 amide bonds. The highest BCUT2D eigenvalue weighted by atomic mass is 19.1. The Morgan fingerprint density at radius 3 is 2.70 bits per heavy atom. The number of nitrogens with two attached hydrogens (primary N) is 1. The summed E-state index contributed by atoms with van der Waals surface area (Å²) in [4.78, 5) is 12.2. The van der Waals surface area contributed by atoms with Gasteiger partial charge in [-0.2, -0.15) is 0 Å². The fourth-order valence-corrected chi connectivity index (χ4v) is 2.00. The molecule has 0 aromatic heterocycles. The molecule has 4 heteroatoms. The molecular formula is C16H17FN2O. The molecule has 2 aromatic carbocycles. The minimum Gasteiger partial charge on any atom is -0.398 e. The molecule has 0 radical (unpaired) electrons. The molecule has 0 saturated carbocycles. The molecule has 0 fully saturated rings. The van der Waals surface area contributed by atoms with Crippen LogP contribution in [0.3, 0.4) is 0 Å². The van der Waals surface area contributed by atoms with Crippen LogP contribution in [0.4, 0.5) is 10.1 Å². The van der Waals surface area contributed by atoms with Gasteiger partial charge in [0.2, 0.25) is 0 Å². The third kappa shape index (κ3) is 3.15. The van der Waals surface area contributed by atoms with E-state index in [1.807, 2.05) is 13.0 Å². The Kier molecular flexibility index (Phi) is 4.03. The number of nitrogens with one attached hydrogen (secondary N) is 1. The number of hydrogen-bond acceptors (Lipinski definition) is 2. The Hall–Kier alpha value is -2.36. The third-order valence-electron chi connectivity index (χ3n) is 3.15. The maximum absolute atomic E-state index is 13.2. The van der Waals surface area contributed by atoms with Gasteiger partial charge in [0.1, 0.15) is 5.82 Å². The summed E-state index contributed by atoms with van der Waals surface area (Å²) in [6.07, 6.45) is 0. The summed E-state index contributed by atoms with van der Waals surface area (Å²) in [5.74, 6) is -0.582. The van der Waals surface area contributed by atoms with E-state index in [9.17, 15) is 9.18 Å². The number of rotatable bonds is 3. The number of carbonyl (C=O) groups excluding carboxylic acids is 1. The van der Waals surface area contributed by atoms with Crippen molar-refractivity contribution in [2.24, 2.45) is 0 Å². The van der Waals surface area contributed by atoms with Gasteiger partial charge in [-0.1, -0.05) is 23.8 Å². The van der Waals surface area contributed by atoms with E-state index in [1.54, 1.807) is 31.2 Å². The van der Waals surface area contributed by atoms with E-state index in [0.717, 1.165) is 5.56 Å². The van der Waals surface area contributed by atoms with Gasteiger partial charge in [0.15, 0.2) is 0 Å². The minimum absolute atomic E-state index is 0.261. The van der Waals surface area contributed by atoms with Crippen LogP contribution in [0.2, 0.25) is 0 Å². The first-order valence-electron chi connectivity index (χ1n) is 6.40. The smallest absolute Gasteiger partial charge is 0.253 e. The molecule has 20 heavy (non-hydrogen) atoms. The molecule has 3 N–H and O–H groups in total. The van der Waals surface area contributed by atoms with Gasteiger partial charge < -0.3 is 11.1 Å². The SMILES string of the molecule is Cc1ccc(N)c(C(=O)NC(C)c2cccc(F)c2)c1. The van der Waals surface area contributed by atoms with Crippen molar-refractivity contribution in [3.05, 3.63) is 65.0 Å². The molecule has 0 aliphatic heterocycles. The molecule has 2 aromatic rings. The van der Waals surface area contributed by atoms with Crippen molar-refractivity contribution < 1.29 is 9.18 Å². The Morgan fingerprint density at radius 2 is 2.00 bits per heavy atom. The highest BCUT2D eigenvalue weighted by Gasteiger charge is 2.14. The van der Waals surface area contributed by atoms with Gasteiger partial charge in [0, 0.05) is 5.69 Å². The van der Waals surface area contributed by atoms with Gasteiger partial charge in [-0.25, -0.2) is 4.39 Å². The van der Waals surface area contributed by atoms with E-state index in [0.29, 0.717) is 16.8 Å². The van der Waals surface area contributed by atoms with E-state index < -0.39 is 0 Å². The second kappa shape index (κ2) is 5.74. The van der Waals surface area contributed by atoms with Crippen molar-refractivity contribution in [2.75, 3.05) is 5.73 Å². The zero-order chi connectivity index (χ0) is 14.7. The van der Waals surface area contributed by atoms with Crippen molar-refractivity contribution >= 4 is 11.6 Å². The second-order valence-electron chi connectivity index (χ2n) is 4.84. The van der Waals surface area contributed by atoms with Crippen LogP contribution in [0.5, 0.6) is 0 Å². The highest BCUT2D eigenvalue weighted by Crippen LogP contribution is 2.17. The zero-order valence-electron chi connectivity index (χ0n) is 11.5. The topological polar surface area (TPSA) is 55.1 Å². The number of hydrogen-bond donors (Lipinski definition) is 2. The average Bonchev–Trinajstić information content (AvgIpc) is 2.41. The number of nitrogen functional groups attached to an aromatic ring is 1. The first-order chi connectivity index (χ1) is 9.47. The van der Waals surface area contributed by atoms with Crippen LogP contribution in [0, 0.1) is 12.7 Å². The lowest BCUT2D eigenvalue weighted by molar-refractivity contribution is 0.0940. The number of carbonyl (C=O) groups is 1. The molecule has 0 aliphatic carbocycles. The van der Waals surface area contributed by atoms with Crippen LogP contribution >= 0.6 is 0 Å². The van der Waals surface area contributed by atoms with Crippen LogP contribution in [0.15, 0.2) is 42.5 Å². The first kappa shape index (κ1) is 14.1. The summed E-state index contributed by atoms with van der Waals surface area (Å²) in [6, 6.07) is 11.2. The molecule has 0 spiro atoms. The Morgan fingerprint density at radius 1 is 1.25 bits per heavy atom. The van der Waals surface area contributed by atoms with E-state index in [1.165, 1.54) is 12.1 Å². The van der Waals surface area contributed by atoms with Crippen LogP contribution in [0.25, 0.3) is 0 Å². The maximum atomic E-state index is 13.2. The maximum Gasteiger partial charge on any atom is 0.253 e. The number of aryl methyl sites for hydroxylation is 1. The normalized spacial score (nSPS) is 11.9. The highest BCUT2D eigenvalue weighted by molar-refractivity contribution is 5.99. The Labute approximate surface area is 117 Å². The summed E-state index contributed by atoms with van der Waals surface area (Å²) >= 11 is 0. The number of amides is 1. The molecular weight excluding hydrogens is 255 g/mol. The van der Waals surface area contributed by atoms with Gasteiger partial charge in [-0.3, -0.25) is 4.79 Å². The van der Waals surface area contributed by atoms with Gasteiger partial charge >= 0.3 is 0 Å². The fourth-order valence-electron chi connectivity index (χ4n) is 2.00. The van der Waals surface area contributed by atoms with Gasteiger partial charge in [-0.15, -0.1) is 0 Å². The monoisotopic (exact) mass is 272 g/mol. The predicted octanol–water partition coefficient (Wildman–Crippen LogP) is 3.21. The van der Waals surface area contributed by atoms with E-state index >= 15 is 0 Å². The minimum atomic E-state index is -0.321. The molecule has 0 saturated heterocycles. The van der Waals surface area contributed by atoms with Crippen molar-refractivity contribution in [2.45, 2.75) is 19.9 Å². The van der Waals surface area contributed by atoms with Crippen LogP contribution in [0.1, 0.15) is 34.5 Å². The summed E-state index contributed by atoms with van der Waals surface area (Å²) < 4.78 is 13.2. The van der Waals surface area contributed by atoms with Gasteiger partial charge in [0.05, 0.1) is 11.6 Å². The number of halogens is 1.